The van der Waals surface area contributed by atoms with Crippen molar-refractivity contribution < 1.29 is 67.8 Å². The maximum atomic E-state index is 14.5. The van der Waals surface area contributed by atoms with Gasteiger partial charge in [-0.1, -0.05) is 65.0 Å². The zero-order valence-electron chi connectivity index (χ0n) is 45.1. The number of esters is 1. The number of aliphatic hydroxyl groups excluding tert-OH is 2. The van der Waals surface area contributed by atoms with Crippen LogP contribution in [0, 0.1) is 35.5 Å². The van der Waals surface area contributed by atoms with Crippen molar-refractivity contribution in [3.63, 3.8) is 0 Å². The molecule has 0 radical (unpaired) electrons. The Balaban J connectivity index is 1.34. The summed E-state index contributed by atoms with van der Waals surface area (Å²) in [7, 11) is 4.56. The van der Waals surface area contributed by atoms with Gasteiger partial charge in [-0.3, -0.25) is 29.1 Å². The molecule has 1 aromatic rings. The van der Waals surface area contributed by atoms with Gasteiger partial charge >= 0.3 is 5.97 Å². The number of piperidine rings is 1. The van der Waals surface area contributed by atoms with Crippen LogP contribution >= 0.6 is 0 Å². The highest BCUT2D eigenvalue weighted by atomic mass is 16.7. The number of fused-ring (bicyclic) bond motifs is 17. The van der Waals surface area contributed by atoms with Crippen molar-refractivity contribution in [2.45, 2.75) is 205 Å². The number of carbonyl (C=O) groups excluding carboxylic acids is 5. The van der Waals surface area contributed by atoms with Crippen molar-refractivity contribution in [3.05, 3.63) is 53.6 Å². The van der Waals surface area contributed by atoms with Gasteiger partial charge < -0.3 is 43.9 Å². The van der Waals surface area contributed by atoms with Crippen molar-refractivity contribution in [1.82, 2.24) is 4.90 Å². The number of aliphatic hydroxyl groups is 3. The SMILES string of the molecule is CO[C@H]1C[C@@H]2CC[C@@H](C)[C@@](O)(O2)C(=O)C(=O)N2CCCCC2C(=O)O[C@@H]([C@H](C)C[C@@H]2CC[C@@H](O)[C@H](OC)C2)CC(=O)[C@H](C)/C=C(\C)[C@@H](O)[C@@H](OC)C(=O)[C@H](C)C[C@H](C)[C@@H]2CC[C@H](/C=C/1C)ON2c1ccccc1. The first-order valence-electron chi connectivity index (χ1n) is 27.1. The number of hydrogen-bond acceptors (Lipinski definition) is 15. The van der Waals surface area contributed by atoms with Crippen LogP contribution in [0.2, 0.25) is 0 Å². The van der Waals surface area contributed by atoms with Crippen molar-refractivity contribution in [2.75, 3.05) is 32.9 Å². The molecule has 73 heavy (non-hydrogen) atoms. The number of hydroxylamine groups is 1. The number of nitrogens with zero attached hydrogens (tertiary/aromatic N) is 2. The average Bonchev–Trinajstić information content (AvgIpc) is 3.38. The number of ketones is 3. The van der Waals surface area contributed by atoms with E-state index in [-0.39, 0.29) is 73.4 Å². The number of methoxy groups -OCH3 is 3. The minimum absolute atomic E-state index is 0.0349. The number of allylic oxidation sites excluding steroid dienone is 1. The summed E-state index contributed by atoms with van der Waals surface area (Å²) in [4.78, 5) is 79.9. The molecule has 408 valence electrons. The van der Waals surface area contributed by atoms with E-state index in [9.17, 15) is 39.3 Å². The van der Waals surface area contributed by atoms with Crippen LogP contribution in [0.5, 0.6) is 0 Å². The molecule has 3 N–H and O–H groups in total. The number of benzene rings is 1. The number of rotatable bonds is 7. The molecule has 16 heteroatoms. The molecule has 6 aliphatic rings. The molecular weight excluding hydrogens is 937 g/mol. The highest BCUT2D eigenvalue weighted by Crippen LogP contribution is 2.39. The fraction of sp³-hybridized carbons (Fsp3) is 0.737. The lowest BCUT2D eigenvalue weighted by Gasteiger charge is -2.43. The van der Waals surface area contributed by atoms with Crippen LogP contribution in [0.15, 0.2) is 53.6 Å². The number of Topliss-reactive ketones (excluding diaryl/α,β-unsaturated/α-hetero) is 3. The van der Waals surface area contributed by atoms with E-state index in [2.05, 4.69) is 6.92 Å². The van der Waals surface area contributed by atoms with E-state index in [1.165, 1.54) is 12.0 Å². The quantitative estimate of drug-likeness (QED) is 0.142. The van der Waals surface area contributed by atoms with Crippen LogP contribution < -0.4 is 5.06 Å². The van der Waals surface area contributed by atoms with Crippen LogP contribution in [0.1, 0.15) is 138 Å². The van der Waals surface area contributed by atoms with Crippen LogP contribution in [0.4, 0.5) is 5.69 Å². The molecule has 5 heterocycles. The lowest BCUT2D eigenvalue weighted by atomic mass is 9.78. The molecule has 7 rings (SSSR count). The summed E-state index contributed by atoms with van der Waals surface area (Å²) >= 11 is 0. The van der Waals surface area contributed by atoms with Gasteiger partial charge in [-0.2, -0.15) is 0 Å². The predicted molar refractivity (Wildman–Crippen MR) is 274 cm³/mol. The molecule has 1 saturated carbocycles. The molecular formula is C57H86N2O14. The summed E-state index contributed by atoms with van der Waals surface area (Å²) in [5.41, 5.74) is 2.11. The van der Waals surface area contributed by atoms with Crippen molar-refractivity contribution >= 4 is 34.9 Å². The second-order valence-electron chi connectivity index (χ2n) is 22.3. The molecule has 0 spiro atoms. The van der Waals surface area contributed by atoms with Crippen molar-refractivity contribution in [3.8, 4) is 0 Å². The molecule has 4 fully saturated rings. The summed E-state index contributed by atoms with van der Waals surface area (Å²) < 4.78 is 29.9. The van der Waals surface area contributed by atoms with Gasteiger partial charge in [0.1, 0.15) is 36.2 Å². The molecule has 5 aliphatic heterocycles. The van der Waals surface area contributed by atoms with Crippen LogP contribution in [0.3, 0.4) is 0 Å². The Labute approximate surface area is 433 Å². The van der Waals surface area contributed by atoms with Gasteiger partial charge in [0.25, 0.3) is 11.7 Å². The van der Waals surface area contributed by atoms with Gasteiger partial charge in [-0.25, -0.2) is 4.79 Å². The first kappa shape index (κ1) is 58.4. The van der Waals surface area contributed by atoms with E-state index in [1.54, 1.807) is 41.1 Å². The summed E-state index contributed by atoms with van der Waals surface area (Å²) in [6.07, 6.45) is 4.36. The molecule has 1 aromatic carbocycles. The third-order valence-corrected chi connectivity index (χ3v) is 16.9. The molecule has 1 amide bonds. The Morgan fingerprint density at radius 3 is 2.22 bits per heavy atom. The first-order valence-corrected chi connectivity index (χ1v) is 27.1. The van der Waals surface area contributed by atoms with Gasteiger partial charge in [0.05, 0.1) is 36.1 Å². The van der Waals surface area contributed by atoms with Crippen molar-refractivity contribution in [2.24, 2.45) is 35.5 Å². The standard InChI is InChI=1S/C57H86N2O14/c1-33-26-37(5)51(62)53(70-10)52(63)38(6)27-34(2)47(61)32-49(35(3)28-40-20-24-46(60)50(30-40)69-9)71-56(66)45-18-14-15-25-58(45)55(65)54(64)57(67)39(7)19-21-42(72-57)31-48(68-8)36(4)29-43-22-23-44(33)59(73-43)41-16-12-11-13-17-41/h11-13,16-17,27,29,33-35,37,39-40,42-46,48-50,52-53,60,63,67H,14-15,18-26,28,30-32H2,1-10H3/b36-29+,38-27+/t33-,34+,35+,37+,39+,40-,42-,43+,44-,45?,46+,48-,49+,50+,52+,53-,57+/m0/s1. The second-order valence-corrected chi connectivity index (χ2v) is 22.3. The molecule has 16 nitrogen and oxygen atoms in total. The number of ether oxygens (including phenoxy) is 5. The van der Waals surface area contributed by atoms with E-state index in [1.807, 2.05) is 62.2 Å². The maximum Gasteiger partial charge on any atom is 0.329 e. The lowest BCUT2D eigenvalue weighted by Crippen LogP contribution is -2.61. The van der Waals surface area contributed by atoms with Gasteiger partial charge in [0.2, 0.25) is 5.79 Å². The van der Waals surface area contributed by atoms with Gasteiger partial charge in [0, 0.05) is 58.5 Å². The highest BCUT2D eigenvalue weighted by molar-refractivity contribution is 6.39. The number of hydrogen-bond donors (Lipinski definition) is 3. The Morgan fingerprint density at radius 2 is 1.53 bits per heavy atom. The minimum Gasteiger partial charge on any atom is -0.460 e. The maximum absolute atomic E-state index is 14.5. The van der Waals surface area contributed by atoms with E-state index < -0.39 is 83.9 Å². The fourth-order valence-corrected chi connectivity index (χ4v) is 12.1. The Kier molecular flexibility index (Phi) is 21.0. The summed E-state index contributed by atoms with van der Waals surface area (Å²) in [6.45, 7) is 12.9. The highest BCUT2D eigenvalue weighted by Gasteiger charge is 2.53. The summed E-state index contributed by atoms with van der Waals surface area (Å²) in [6, 6.07) is 8.56. The third-order valence-electron chi connectivity index (χ3n) is 16.9. The molecule has 1 unspecified atom stereocenters. The lowest BCUT2D eigenvalue weighted by molar-refractivity contribution is -0.265. The number of amides is 1. The Hall–Kier alpha value is -3.87. The van der Waals surface area contributed by atoms with E-state index in [4.69, 9.17) is 28.5 Å². The smallest absolute Gasteiger partial charge is 0.329 e. The van der Waals surface area contributed by atoms with E-state index >= 15 is 0 Å². The molecule has 3 saturated heterocycles. The Bertz CT molecular complexity index is 2100. The van der Waals surface area contributed by atoms with E-state index in [0.29, 0.717) is 69.8 Å². The average molecular weight is 1020 g/mol. The number of carbonyl (C=O) groups is 5. The predicted octanol–water partition coefficient (Wildman–Crippen LogP) is 7.04. The van der Waals surface area contributed by atoms with E-state index in [0.717, 1.165) is 17.7 Å². The topological polar surface area (TPSA) is 208 Å². The van der Waals surface area contributed by atoms with Crippen LogP contribution in [0.25, 0.3) is 0 Å². The number of anilines is 1. The monoisotopic (exact) mass is 1020 g/mol. The second kappa shape index (κ2) is 26.3. The van der Waals surface area contributed by atoms with Gasteiger partial charge in [-0.05, 0) is 132 Å². The van der Waals surface area contributed by atoms with Gasteiger partial charge in [-0.15, -0.1) is 0 Å². The summed E-state index contributed by atoms with van der Waals surface area (Å²) in [5.74, 6) is -8.21. The minimum atomic E-state index is -2.46. The molecule has 4 bridgehead atoms. The zero-order chi connectivity index (χ0) is 53.3. The largest absolute Gasteiger partial charge is 0.460 e. The number of para-hydroxylation sites is 1. The van der Waals surface area contributed by atoms with Crippen LogP contribution in [-0.2, 0) is 52.5 Å². The van der Waals surface area contributed by atoms with Crippen LogP contribution in [-0.4, -0.2) is 144 Å². The molecule has 17 atom stereocenters. The normalized spacial score (nSPS) is 39.5. The Morgan fingerprint density at radius 1 is 0.808 bits per heavy atom. The third kappa shape index (κ3) is 14.1. The zero-order valence-corrected chi connectivity index (χ0v) is 45.1. The van der Waals surface area contributed by atoms with Crippen molar-refractivity contribution in [1.29, 1.82) is 0 Å². The fourth-order valence-electron chi connectivity index (χ4n) is 12.1. The molecule has 0 aromatic heterocycles. The molecule has 1 aliphatic carbocycles. The summed E-state index contributed by atoms with van der Waals surface area (Å²) in [5, 5.41) is 36.3. The van der Waals surface area contributed by atoms with Gasteiger partial charge in [0.15, 0.2) is 5.78 Å². The first-order chi connectivity index (χ1) is 34.7.